The molecule has 2 aromatic rings. The van der Waals surface area contributed by atoms with Gasteiger partial charge in [-0.25, -0.2) is 4.39 Å². The van der Waals surface area contributed by atoms with E-state index in [1.165, 1.54) is 30.3 Å². The molecule has 0 aliphatic carbocycles. The molecule has 7 heteroatoms. The van der Waals surface area contributed by atoms with Crippen LogP contribution in [0.25, 0.3) is 11.4 Å². The third kappa shape index (κ3) is 3.61. The highest BCUT2D eigenvalue weighted by atomic mass is 32.2. The number of carbonyl (C=O) groups excluding carboxylic acids is 1. The van der Waals surface area contributed by atoms with Crippen LogP contribution < -0.4 is 0 Å². The van der Waals surface area contributed by atoms with E-state index in [9.17, 15) is 9.18 Å². The van der Waals surface area contributed by atoms with Gasteiger partial charge in [0.15, 0.2) is 11.0 Å². The molecule has 1 aliphatic heterocycles. The zero-order valence-corrected chi connectivity index (χ0v) is 14.7. The van der Waals surface area contributed by atoms with Gasteiger partial charge in [0.05, 0.1) is 5.75 Å². The number of likely N-dealkylation sites (tertiary alicyclic amines) is 1. The van der Waals surface area contributed by atoms with Gasteiger partial charge in [-0.2, -0.15) is 0 Å². The molecule has 1 aliphatic rings. The lowest BCUT2D eigenvalue weighted by molar-refractivity contribution is -0.131. The SMILES string of the molecule is C[C@@H]1CCCCN1C(=O)CSc1nnc(-c2ccc(F)cc2)n1C. The smallest absolute Gasteiger partial charge is 0.233 e. The number of hydrogen-bond donors (Lipinski definition) is 0. The zero-order chi connectivity index (χ0) is 17.1. The molecular weight excluding hydrogens is 327 g/mol. The molecule has 128 valence electrons. The summed E-state index contributed by atoms with van der Waals surface area (Å²) in [5.41, 5.74) is 0.800. The molecular formula is C17H21FN4OS. The summed E-state index contributed by atoms with van der Waals surface area (Å²) in [5, 5.41) is 9.02. The number of carbonyl (C=O) groups is 1. The Kier molecular flexibility index (Phi) is 5.18. The Morgan fingerprint density at radius 2 is 2.04 bits per heavy atom. The molecule has 0 spiro atoms. The molecule has 0 radical (unpaired) electrons. The molecule has 1 aromatic heterocycles. The highest BCUT2D eigenvalue weighted by Gasteiger charge is 2.23. The Bertz CT molecular complexity index is 716. The molecule has 0 unspecified atom stereocenters. The standard InChI is InChI=1S/C17H21FN4OS/c1-12-5-3-4-10-22(12)15(23)11-24-17-20-19-16(21(17)2)13-6-8-14(18)9-7-13/h6-9,12H,3-5,10-11H2,1-2H3/t12-/m1/s1. The summed E-state index contributed by atoms with van der Waals surface area (Å²) in [6, 6.07) is 6.47. The van der Waals surface area contributed by atoms with E-state index in [0.717, 1.165) is 24.9 Å². The van der Waals surface area contributed by atoms with Crippen LogP contribution in [0.15, 0.2) is 29.4 Å². The molecule has 0 N–H and O–H groups in total. The first kappa shape index (κ1) is 17.0. The second-order valence-corrected chi connectivity index (χ2v) is 7.04. The maximum absolute atomic E-state index is 13.0. The Morgan fingerprint density at radius 1 is 1.29 bits per heavy atom. The number of thioether (sulfide) groups is 1. The van der Waals surface area contributed by atoms with E-state index in [2.05, 4.69) is 17.1 Å². The summed E-state index contributed by atoms with van der Waals surface area (Å²) in [4.78, 5) is 14.4. The normalized spacial score (nSPS) is 18.0. The zero-order valence-electron chi connectivity index (χ0n) is 13.9. The van der Waals surface area contributed by atoms with Crippen molar-refractivity contribution in [2.75, 3.05) is 12.3 Å². The number of benzene rings is 1. The van der Waals surface area contributed by atoms with Crippen LogP contribution in [0.1, 0.15) is 26.2 Å². The summed E-state index contributed by atoms with van der Waals surface area (Å²) in [6.07, 6.45) is 3.36. The first-order valence-corrected chi connectivity index (χ1v) is 9.12. The molecule has 0 saturated carbocycles. The van der Waals surface area contributed by atoms with E-state index in [1.54, 1.807) is 12.1 Å². The number of halogens is 1. The molecule has 24 heavy (non-hydrogen) atoms. The number of rotatable bonds is 4. The van der Waals surface area contributed by atoms with Crippen LogP contribution in [0.2, 0.25) is 0 Å². The Hall–Kier alpha value is -1.89. The number of piperidine rings is 1. The van der Waals surface area contributed by atoms with E-state index in [4.69, 9.17) is 0 Å². The number of nitrogens with zero attached hydrogens (tertiary/aromatic N) is 4. The fraction of sp³-hybridized carbons (Fsp3) is 0.471. The van der Waals surface area contributed by atoms with Gasteiger partial charge >= 0.3 is 0 Å². The summed E-state index contributed by atoms with van der Waals surface area (Å²) in [7, 11) is 1.86. The van der Waals surface area contributed by atoms with Gasteiger partial charge in [0.1, 0.15) is 5.82 Å². The predicted molar refractivity (Wildman–Crippen MR) is 92.1 cm³/mol. The second kappa shape index (κ2) is 7.34. The Labute approximate surface area is 145 Å². The van der Waals surface area contributed by atoms with Crippen molar-refractivity contribution in [1.29, 1.82) is 0 Å². The van der Waals surface area contributed by atoms with E-state index >= 15 is 0 Å². The molecule has 0 bridgehead atoms. The summed E-state index contributed by atoms with van der Waals surface area (Å²) >= 11 is 1.39. The number of aromatic nitrogens is 3. The maximum Gasteiger partial charge on any atom is 0.233 e. The number of amides is 1. The quantitative estimate of drug-likeness (QED) is 0.797. The third-order valence-corrected chi connectivity index (χ3v) is 5.39. The van der Waals surface area contributed by atoms with Crippen LogP contribution in [0, 0.1) is 5.82 Å². The van der Waals surface area contributed by atoms with Gasteiger partial charge in [0, 0.05) is 25.2 Å². The molecule has 1 saturated heterocycles. The highest BCUT2D eigenvalue weighted by molar-refractivity contribution is 7.99. The molecule has 1 fully saturated rings. The monoisotopic (exact) mass is 348 g/mol. The minimum Gasteiger partial charge on any atom is -0.339 e. The van der Waals surface area contributed by atoms with E-state index in [-0.39, 0.29) is 11.7 Å². The van der Waals surface area contributed by atoms with Gasteiger partial charge in [0.25, 0.3) is 0 Å². The van der Waals surface area contributed by atoms with Gasteiger partial charge in [0.2, 0.25) is 5.91 Å². The minimum atomic E-state index is -0.281. The van der Waals surface area contributed by atoms with Gasteiger partial charge in [-0.3, -0.25) is 4.79 Å². The predicted octanol–water partition coefficient (Wildman–Crippen LogP) is 3.11. The van der Waals surface area contributed by atoms with Crippen molar-refractivity contribution in [2.24, 2.45) is 7.05 Å². The van der Waals surface area contributed by atoms with Gasteiger partial charge in [-0.1, -0.05) is 11.8 Å². The summed E-state index contributed by atoms with van der Waals surface area (Å²) < 4.78 is 14.9. The van der Waals surface area contributed by atoms with Crippen LogP contribution in [0.3, 0.4) is 0 Å². The molecule has 5 nitrogen and oxygen atoms in total. The number of hydrogen-bond acceptors (Lipinski definition) is 4. The largest absolute Gasteiger partial charge is 0.339 e. The van der Waals surface area contributed by atoms with Crippen molar-refractivity contribution in [3.63, 3.8) is 0 Å². The van der Waals surface area contributed by atoms with Crippen molar-refractivity contribution < 1.29 is 9.18 Å². The lowest BCUT2D eigenvalue weighted by Gasteiger charge is -2.33. The second-order valence-electron chi connectivity index (χ2n) is 6.09. The Balaban J connectivity index is 1.66. The van der Waals surface area contributed by atoms with Gasteiger partial charge in [-0.05, 0) is 50.5 Å². The molecule has 1 amide bonds. The average Bonchev–Trinajstić information content (AvgIpc) is 2.95. The van der Waals surface area contributed by atoms with Crippen LogP contribution in [0.5, 0.6) is 0 Å². The average molecular weight is 348 g/mol. The van der Waals surface area contributed by atoms with Crippen LogP contribution >= 0.6 is 11.8 Å². The molecule has 3 rings (SSSR count). The van der Waals surface area contributed by atoms with Crippen molar-refractivity contribution in [3.05, 3.63) is 30.1 Å². The van der Waals surface area contributed by atoms with E-state index < -0.39 is 0 Å². The fourth-order valence-electron chi connectivity index (χ4n) is 2.97. The van der Waals surface area contributed by atoms with Crippen LogP contribution in [0.4, 0.5) is 4.39 Å². The summed E-state index contributed by atoms with van der Waals surface area (Å²) in [6.45, 7) is 2.96. The highest BCUT2D eigenvalue weighted by Crippen LogP contribution is 2.24. The topological polar surface area (TPSA) is 51.0 Å². The lowest BCUT2D eigenvalue weighted by Crippen LogP contribution is -2.42. The van der Waals surface area contributed by atoms with Crippen LogP contribution in [-0.2, 0) is 11.8 Å². The minimum absolute atomic E-state index is 0.151. The maximum atomic E-state index is 13.0. The third-order valence-electron chi connectivity index (χ3n) is 4.39. The molecule has 1 atom stereocenters. The molecule has 1 aromatic carbocycles. The van der Waals surface area contributed by atoms with Crippen molar-refractivity contribution in [1.82, 2.24) is 19.7 Å². The van der Waals surface area contributed by atoms with Crippen molar-refractivity contribution in [3.8, 4) is 11.4 Å². The van der Waals surface area contributed by atoms with E-state index in [0.29, 0.717) is 22.8 Å². The first-order valence-electron chi connectivity index (χ1n) is 8.14. The Morgan fingerprint density at radius 3 is 2.75 bits per heavy atom. The van der Waals surface area contributed by atoms with Gasteiger partial charge < -0.3 is 9.47 Å². The van der Waals surface area contributed by atoms with E-state index in [1.807, 2.05) is 16.5 Å². The van der Waals surface area contributed by atoms with Crippen LogP contribution in [-0.4, -0.2) is 43.9 Å². The van der Waals surface area contributed by atoms with Crippen molar-refractivity contribution >= 4 is 17.7 Å². The first-order chi connectivity index (χ1) is 11.6. The van der Waals surface area contributed by atoms with Crippen molar-refractivity contribution in [2.45, 2.75) is 37.4 Å². The fourth-order valence-corrected chi connectivity index (χ4v) is 3.77. The summed E-state index contributed by atoms with van der Waals surface area (Å²) in [5.74, 6) is 0.895. The van der Waals surface area contributed by atoms with Gasteiger partial charge in [-0.15, -0.1) is 10.2 Å². The lowest BCUT2D eigenvalue weighted by atomic mass is 10.0. The molecule has 2 heterocycles.